The summed E-state index contributed by atoms with van der Waals surface area (Å²) in [6.45, 7) is 5.67. The molecule has 2 aliphatic rings. The van der Waals surface area contributed by atoms with Crippen molar-refractivity contribution in [1.82, 2.24) is 5.32 Å². The Morgan fingerprint density at radius 1 is 1.09 bits per heavy atom. The highest BCUT2D eigenvalue weighted by Crippen LogP contribution is 2.46. The number of phenolic OH excluding ortho intramolecular Hbond substituents is 1. The molecular weight excluding hydrogens is 430 g/mol. The zero-order valence-electron chi connectivity index (χ0n) is 20.1. The summed E-state index contributed by atoms with van der Waals surface area (Å²) in [5.41, 5.74) is 4.44. The Morgan fingerprint density at radius 3 is 2.35 bits per heavy atom. The van der Waals surface area contributed by atoms with Gasteiger partial charge in [0.15, 0.2) is 5.78 Å². The van der Waals surface area contributed by atoms with Gasteiger partial charge < -0.3 is 19.9 Å². The first kappa shape index (κ1) is 23.6. The third-order valence-corrected chi connectivity index (χ3v) is 6.74. The van der Waals surface area contributed by atoms with Crippen LogP contribution in [0.4, 0.5) is 0 Å². The van der Waals surface area contributed by atoms with Crippen molar-refractivity contribution in [2.24, 2.45) is 0 Å². The molecule has 0 radical (unpaired) electrons. The summed E-state index contributed by atoms with van der Waals surface area (Å²) in [7, 11) is 1.63. The number of Topliss-reactive ketones (excluding diaryl/α,β-unsaturated/α-hetero) is 1. The number of methoxy groups -OCH3 is 1. The predicted molar refractivity (Wildman–Crippen MR) is 130 cm³/mol. The lowest BCUT2D eigenvalue weighted by molar-refractivity contribution is -0.144. The maximum Gasteiger partial charge on any atom is 0.337 e. The highest BCUT2D eigenvalue weighted by Gasteiger charge is 2.41. The van der Waals surface area contributed by atoms with Gasteiger partial charge in [0.1, 0.15) is 11.5 Å². The first-order valence-corrected chi connectivity index (χ1v) is 11.7. The van der Waals surface area contributed by atoms with Crippen molar-refractivity contribution in [3.05, 3.63) is 82.2 Å². The number of phenols is 1. The summed E-state index contributed by atoms with van der Waals surface area (Å²) in [5, 5.41) is 13.2. The maximum absolute atomic E-state index is 13.6. The summed E-state index contributed by atoms with van der Waals surface area (Å²) in [5.74, 6) is -0.0182. The lowest BCUT2D eigenvalue weighted by Gasteiger charge is -2.37. The fourth-order valence-corrected chi connectivity index (χ4v) is 4.75. The second kappa shape index (κ2) is 9.75. The fraction of sp³-hybridized carbons (Fsp3) is 0.357. The first-order valence-electron chi connectivity index (χ1n) is 11.7. The topological polar surface area (TPSA) is 84.9 Å². The van der Waals surface area contributed by atoms with Crippen LogP contribution in [0, 0.1) is 0 Å². The van der Waals surface area contributed by atoms with Crippen LogP contribution in [-0.4, -0.2) is 30.1 Å². The van der Waals surface area contributed by atoms with E-state index in [4.69, 9.17) is 9.47 Å². The number of ether oxygens (including phenoxy) is 2. The van der Waals surface area contributed by atoms with E-state index in [9.17, 15) is 14.7 Å². The Kier molecular flexibility index (Phi) is 6.77. The third-order valence-electron chi connectivity index (χ3n) is 6.74. The molecule has 34 heavy (non-hydrogen) atoms. The summed E-state index contributed by atoms with van der Waals surface area (Å²) < 4.78 is 10.9. The van der Waals surface area contributed by atoms with Gasteiger partial charge in [0, 0.05) is 29.3 Å². The van der Waals surface area contributed by atoms with Crippen molar-refractivity contribution in [1.29, 1.82) is 0 Å². The molecule has 0 spiro atoms. The molecule has 0 saturated heterocycles. The van der Waals surface area contributed by atoms with Crippen molar-refractivity contribution in [3.63, 3.8) is 0 Å². The number of dihydropyridines is 1. The van der Waals surface area contributed by atoms with E-state index < -0.39 is 11.9 Å². The van der Waals surface area contributed by atoms with E-state index in [0.717, 1.165) is 22.6 Å². The minimum Gasteiger partial charge on any atom is -0.508 e. The summed E-state index contributed by atoms with van der Waals surface area (Å²) in [6, 6.07) is 14.5. The zero-order chi connectivity index (χ0) is 24.4. The molecule has 0 bridgehead atoms. The SMILES string of the molecule is CC[C@@H](C)OC(=O)C1=C(C)NC2=C(C(=O)C[C@@H](c3ccc(OC)cc3)C2)[C@H]1c1ccc(O)cc1. The molecule has 0 saturated carbocycles. The normalized spacial score (nSPS) is 21.0. The molecule has 1 aliphatic carbocycles. The number of rotatable bonds is 6. The Morgan fingerprint density at radius 2 is 1.74 bits per heavy atom. The molecule has 4 rings (SSSR count). The molecule has 6 heteroatoms. The molecule has 0 aromatic heterocycles. The molecule has 6 nitrogen and oxygen atoms in total. The standard InChI is InChI=1S/C28H31NO5/c1-5-16(2)34-28(32)25-17(3)29-23-14-20(18-8-12-22(33-4)13-9-18)15-24(31)27(23)26(25)19-6-10-21(30)11-7-19/h6-13,16,20,26,29-30H,5,14-15H2,1-4H3/t16-,20+,26+/m1/s1. The largest absolute Gasteiger partial charge is 0.508 e. The number of aromatic hydroxyl groups is 1. The van der Waals surface area contributed by atoms with Crippen LogP contribution in [0.5, 0.6) is 11.5 Å². The molecular formula is C28H31NO5. The number of nitrogens with one attached hydrogen (secondary N) is 1. The number of carbonyl (C=O) groups is 2. The van der Waals surface area contributed by atoms with Crippen molar-refractivity contribution in [3.8, 4) is 11.5 Å². The minimum absolute atomic E-state index is 0.00832. The van der Waals surface area contributed by atoms with Crippen molar-refractivity contribution < 1.29 is 24.2 Å². The van der Waals surface area contributed by atoms with E-state index in [2.05, 4.69) is 5.32 Å². The molecule has 1 aliphatic heterocycles. The van der Waals surface area contributed by atoms with Gasteiger partial charge in [-0.1, -0.05) is 31.2 Å². The van der Waals surface area contributed by atoms with Gasteiger partial charge in [0.2, 0.25) is 0 Å². The molecule has 2 aromatic carbocycles. The monoisotopic (exact) mass is 461 g/mol. The predicted octanol–water partition coefficient (Wildman–Crippen LogP) is 5.10. The van der Waals surface area contributed by atoms with Crippen LogP contribution in [0.3, 0.4) is 0 Å². The van der Waals surface area contributed by atoms with Crippen LogP contribution < -0.4 is 10.1 Å². The third kappa shape index (κ3) is 4.58. The minimum atomic E-state index is -0.544. The number of hydrogen-bond acceptors (Lipinski definition) is 6. The molecule has 0 fully saturated rings. The van der Waals surface area contributed by atoms with Crippen LogP contribution in [0.2, 0.25) is 0 Å². The smallest absolute Gasteiger partial charge is 0.337 e. The Balaban J connectivity index is 1.75. The summed E-state index contributed by atoms with van der Waals surface area (Å²) in [4.78, 5) is 26.8. The number of allylic oxidation sites excluding steroid dienone is 3. The van der Waals surface area contributed by atoms with Crippen LogP contribution in [0.15, 0.2) is 71.1 Å². The van der Waals surface area contributed by atoms with E-state index in [1.54, 1.807) is 31.4 Å². The number of esters is 1. The average molecular weight is 462 g/mol. The lowest BCUT2D eigenvalue weighted by Crippen LogP contribution is -2.36. The quantitative estimate of drug-likeness (QED) is 0.582. The van der Waals surface area contributed by atoms with Gasteiger partial charge in [0.05, 0.1) is 18.8 Å². The van der Waals surface area contributed by atoms with Crippen molar-refractivity contribution in [2.45, 2.75) is 58.0 Å². The molecule has 0 unspecified atom stereocenters. The average Bonchev–Trinajstić information content (AvgIpc) is 2.83. The van der Waals surface area contributed by atoms with Gasteiger partial charge in [-0.2, -0.15) is 0 Å². The van der Waals surface area contributed by atoms with Gasteiger partial charge in [-0.15, -0.1) is 0 Å². The number of carbonyl (C=O) groups excluding carboxylic acids is 2. The van der Waals surface area contributed by atoms with E-state index in [0.29, 0.717) is 36.1 Å². The second-order valence-electron chi connectivity index (χ2n) is 9.01. The fourth-order valence-electron chi connectivity index (χ4n) is 4.75. The van der Waals surface area contributed by atoms with E-state index in [1.165, 1.54) is 0 Å². The lowest BCUT2D eigenvalue weighted by atomic mass is 9.71. The van der Waals surface area contributed by atoms with Crippen LogP contribution in [0.25, 0.3) is 0 Å². The molecule has 1 heterocycles. The van der Waals surface area contributed by atoms with Gasteiger partial charge >= 0.3 is 5.97 Å². The molecule has 2 aromatic rings. The zero-order valence-corrected chi connectivity index (χ0v) is 20.1. The number of hydrogen-bond donors (Lipinski definition) is 2. The van der Waals surface area contributed by atoms with Crippen LogP contribution in [-0.2, 0) is 14.3 Å². The van der Waals surface area contributed by atoms with Crippen molar-refractivity contribution >= 4 is 11.8 Å². The van der Waals surface area contributed by atoms with Gasteiger partial charge in [-0.25, -0.2) is 4.79 Å². The van der Waals surface area contributed by atoms with E-state index >= 15 is 0 Å². The van der Waals surface area contributed by atoms with Gasteiger partial charge in [-0.3, -0.25) is 4.79 Å². The maximum atomic E-state index is 13.6. The molecule has 178 valence electrons. The highest BCUT2D eigenvalue weighted by molar-refractivity contribution is 6.04. The molecule has 3 atom stereocenters. The van der Waals surface area contributed by atoms with Gasteiger partial charge in [0.25, 0.3) is 0 Å². The van der Waals surface area contributed by atoms with Gasteiger partial charge in [-0.05, 0) is 68.0 Å². The number of ketones is 1. The Bertz CT molecular complexity index is 1140. The van der Waals surface area contributed by atoms with E-state index in [-0.39, 0.29) is 23.6 Å². The Hall–Kier alpha value is -3.54. The highest BCUT2D eigenvalue weighted by atomic mass is 16.5. The summed E-state index contributed by atoms with van der Waals surface area (Å²) in [6.07, 6.45) is 1.48. The van der Waals surface area contributed by atoms with E-state index in [1.807, 2.05) is 45.0 Å². The Labute approximate surface area is 200 Å². The van der Waals surface area contributed by atoms with Crippen LogP contribution >= 0.6 is 0 Å². The summed E-state index contributed by atoms with van der Waals surface area (Å²) >= 11 is 0. The number of benzene rings is 2. The molecule has 2 N–H and O–H groups in total. The van der Waals surface area contributed by atoms with Crippen LogP contribution in [0.1, 0.15) is 63.0 Å². The second-order valence-corrected chi connectivity index (χ2v) is 9.01. The van der Waals surface area contributed by atoms with Crippen molar-refractivity contribution in [2.75, 3.05) is 7.11 Å². The first-order chi connectivity index (χ1) is 16.3. The molecule has 0 amide bonds.